The summed E-state index contributed by atoms with van der Waals surface area (Å²) < 4.78 is 4.26. The molecule has 1 saturated heterocycles. The van der Waals surface area contributed by atoms with Crippen molar-refractivity contribution >= 4 is 28.3 Å². The molecule has 1 aromatic rings. The molecular weight excluding hydrogens is 324 g/mol. The molecule has 134 valence electrons. The number of carbonyl (C=O) groups excluding carboxylic acids is 2. The van der Waals surface area contributed by atoms with Crippen LogP contribution < -0.4 is 10.6 Å². The van der Waals surface area contributed by atoms with Crippen LogP contribution in [0.2, 0.25) is 0 Å². The summed E-state index contributed by atoms with van der Waals surface area (Å²) in [6.07, 6.45) is 1.43. The van der Waals surface area contributed by atoms with Crippen LogP contribution in [0.25, 0.3) is 0 Å². The van der Waals surface area contributed by atoms with Crippen molar-refractivity contribution in [2.24, 2.45) is 11.8 Å². The van der Waals surface area contributed by atoms with Crippen molar-refractivity contribution in [3.63, 3.8) is 0 Å². The van der Waals surface area contributed by atoms with E-state index in [-0.39, 0.29) is 23.8 Å². The van der Waals surface area contributed by atoms with E-state index in [0.29, 0.717) is 37.4 Å². The summed E-state index contributed by atoms with van der Waals surface area (Å²) in [6, 6.07) is 0.176. The van der Waals surface area contributed by atoms with Crippen LogP contribution in [0.1, 0.15) is 49.7 Å². The van der Waals surface area contributed by atoms with Gasteiger partial charge in [-0.1, -0.05) is 13.8 Å². The fraction of sp³-hybridized carbons (Fsp3) is 0.706. The highest BCUT2D eigenvalue weighted by Gasteiger charge is 2.30. The first kappa shape index (κ1) is 18.7. The zero-order chi connectivity index (χ0) is 17.9. The largest absolute Gasteiger partial charge is 0.378 e. The van der Waals surface area contributed by atoms with E-state index in [9.17, 15) is 9.59 Å². The molecule has 1 aliphatic heterocycles. The van der Waals surface area contributed by atoms with Gasteiger partial charge in [-0.15, -0.1) is 0 Å². The Balaban J connectivity index is 1.94. The molecule has 0 radical (unpaired) electrons. The van der Waals surface area contributed by atoms with E-state index in [0.717, 1.165) is 10.7 Å². The molecule has 0 aromatic carbocycles. The van der Waals surface area contributed by atoms with E-state index in [2.05, 4.69) is 28.9 Å². The Hall–Kier alpha value is -1.63. The summed E-state index contributed by atoms with van der Waals surface area (Å²) >= 11 is 1.31. The molecule has 0 spiro atoms. The van der Waals surface area contributed by atoms with E-state index >= 15 is 0 Å². The Bertz CT molecular complexity index is 591. The molecule has 0 saturated carbocycles. The van der Waals surface area contributed by atoms with Gasteiger partial charge in [-0.2, -0.15) is 4.37 Å². The first-order valence-corrected chi connectivity index (χ1v) is 9.36. The van der Waals surface area contributed by atoms with Gasteiger partial charge in [-0.05, 0) is 44.1 Å². The lowest BCUT2D eigenvalue weighted by Crippen LogP contribution is -2.45. The zero-order valence-corrected chi connectivity index (χ0v) is 16.0. The standard InChI is InChI=1S/C17H28N4O2S/c1-10(2)11(3)19-15(22)13-6-8-21(9-7-13)17(23)14-12(4)20-24-16(14)18-5/h10-11,13,18H,6-9H2,1-5H3,(H,19,22). The van der Waals surface area contributed by atoms with Gasteiger partial charge >= 0.3 is 0 Å². The number of nitrogens with one attached hydrogen (secondary N) is 2. The highest BCUT2D eigenvalue weighted by Crippen LogP contribution is 2.27. The number of likely N-dealkylation sites (tertiary alicyclic amines) is 1. The van der Waals surface area contributed by atoms with Crippen LogP contribution in [0, 0.1) is 18.8 Å². The molecule has 0 bridgehead atoms. The number of amides is 2. The summed E-state index contributed by atoms with van der Waals surface area (Å²) in [6.45, 7) is 9.33. The van der Waals surface area contributed by atoms with Gasteiger partial charge in [0.15, 0.2) is 0 Å². The maximum absolute atomic E-state index is 12.8. The van der Waals surface area contributed by atoms with Crippen molar-refractivity contribution in [2.45, 2.75) is 46.6 Å². The summed E-state index contributed by atoms with van der Waals surface area (Å²) in [5, 5.41) is 6.94. The van der Waals surface area contributed by atoms with Crippen LogP contribution in [0.4, 0.5) is 5.00 Å². The van der Waals surface area contributed by atoms with Crippen molar-refractivity contribution in [3.8, 4) is 0 Å². The van der Waals surface area contributed by atoms with Crippen molar-refractivity contribution in [3.05, 3.63) is 11.3 Å². The quantitative estimate of drug-likeness (QED) is 0.854. The predicted molar refractivity (Wildman–Crippen MR) is 97.5 cm³/mol. The topological polar surface area (TPSA) is 74.3 Å². The van der Waals surface area contributed by atoms with E-state index in [1.165, 1.54) is 11.5 Å². The Labute approximate surface area is 148 Å². The van der Waals surface area contributed by atoms with Gasteiger partial charge in [0.2, 0.25) is 5.91 Å². The molecule has 24 heavy (non-hydrogen) atoms. The predicted octanol–water partition coefficient (Wildman–Crippen LogP) is 2.51. The van der Waals surface area contributed by atoms with Crippen molar-refractivity contribution in [2.75, 3.05) is 25.5 Å². The number of nitrogens with zero attached hydrogens (tertiary/aromatic N) is 2. The third kappa shape index (κ3) is 4.06. The summed E-state index contributed by atoms with van der Waals surface area (Å²) in [5.41, 5.74) is 1.43. The van der Waals surface area contributed by atoms with Crippen molar-refractivity contribution < 1.29 is 9.59 Å². The monoisotopic (exact) mass is 352 g/mol. The third-order valence-corrected chi connectivity index (χ3v) is 5.78. The van der Waals surface area contributed by atoms with Crippen LogP contribution in [0.15, 0.2) is 0 Å². The Morgan fingerprint density at radius 1 is 1.25 bits per heavy atom. The number of rotatable bonds is 5. The molecule has 2 amide bonds. The lowest BCUT2D eigenvalue weighted by molar-refractivity contribution is -0.127. The van der Waals surface area contributed by atoms with Crippen LogP contribution in [0.5, 0.6) is 0 Å². The number of hydrogen-bond donors (Lipinski definition) is 2. The van der Waals surface area contributed by atoms with Gasteiger partial charge in [-0.25, -0.2) is 0 Å². The average Bonchev–Trinajstić information content (AvgIpc) is 2.94. The summed E-state index contributed by atoms with van der Waals surface area (Å²) in [7, 11) is 1.80. The smallest absolute Gasteiger partial charge is 0.258 e. The number of hydrogen-bond acceptors (Lipinski definition) is 5. The second-order valence-corrected chi connectivity index (χ2v) is 7.60. The van der Waals surface area contributed by atoms with Gasteiger partial charge in [0.1, 0.15) is 5.00 Å². The summed E-state index contributed by atoms with van der Waals surface area (Å²) in [5.74, 6) is 0.554. The van der Waals surface area contributed by atoms with E-state index in [1.807, 2.05) is 18.7 Å². The number of carbonyl (C=O) groups is 2. The number of anilines is 1. The molecule has 2 rings (SSSR count). The average molecular weight is 353 g/mol. The van der Waals surface area contributed by atoms with Crippen molar-refractivity contribution in [1.82, 2.24) is 14.6 Å². The van der Waals surface area contributed by atoms with Gasteiger partial charge in [0.25, 0.3) is 5.91 Å². The molecule has 1 aromatic heterocycles. The Kier molecular flexibility index (Phi) is 6.21. The molecule has 1 aliphatic rings. The minimum atomic E-state index is 0.000664. The Morgan fingerprint density at radius 3 is 2.42 bits per heavy atom. The number of aryl methyl sites for hydroxylation is 1. The normalized spacial score (nSPS) is 17.0. The second-order valence-electron chi connectivity index (χ2n) is 6.83. The molecule has 2 heterocycles. The molecular formula is C17H28N4O2S. The van der Waals surface area contributed by atoms with Crippen LogP contribution in [-0.2, 0) is 4.79 Å². The highest BCUT2D eigenvalue weighted by atomic mass is 32.1. The second kappa shape index (κ2) is 7.96. The van der Waals surface area contributed by atoms with E-state index in [4.69, 9.17) is 0 Å². The van der Waals surface area contributed by atoms with Gasteiger partial charge in [0.05, 0.1) is 11.3 Å². The minimum absolute atomic E-state index is 0.000664. The molecule has 1 unspecified atom stereocenters. The first-order chi connectivity index (χ1) is 11.3. The maximum atomic E-state index is 12.8. The zero-order valence-electron chi connectivity index (χ0n) is 15.2. The lowest BCUT2D eigenvalue weighted by atomic mass is 9.94. The van der Waals surface area contributed by atoms with Crippen LogP contribution in [-0.4, -0.2) is 47.3 Å². The SMILES string of the molecule is CNc1snc(C)c1C(=O)N1CCC(C(=O)NC(C)C(C)C)CC1. The first-order valence-electron chi connectivity index (χ1n) is 8.58. The van der Waals surface area contributed by atoms with Crippen LogP contribution in [0.3, 0.4) is 0 Å². The molecule has 6 nitrogen and oxygen atoms in total. The number of aromatic nitrogens is 1. The molecule has 1 fully saturated rings. The molecule has 1 atom stereocenters. The minimum Gasteiger partial charge on any atom is -0.378 e. The Morgan fingerprint density at radius 2 is 1.88 bits per heavy atom. The number of piperidine rings is 1. The highest BCUT2D eigenvalue weighted by molar-refractivity contribution is 7.10. The fourth-order valence-electron chi connectivity index (χ4n) is 2.80. The third-order valence-electron chi connectivity index (χ3n) is 4.83. The van der Waals surface area contributed by atoms with E-state index in [1.54, 1.807) is 7.05 Å². The van der Waals surface area contributed by atoms with Gasteiger partial charge in [-0.3, -0.25) is 9.59 Å². The molecule has 7 heteroatoms. The van der Waals surface area contributed by atoms with Gasteiger partial charge in [0, 0.05) is 32.1 Å². The van der Waals surface area contributed by atoms with Crippen molar-refractivity contribution in [1.29, 1.82) is 0 Å². The molecule has 2 N–H and O–H groups in total. The van der Waals surface area contributed by atoms with Crippen LogP contribution >= 0.6 is 11.5 Å². The summed E-state index contributed by atoms with van der Waals surface area (Å²) in [4.78, 5) is 26.9. The lowest BCUT2D eigenvalue weighted by Gasteiger charge is -2.32. The maximum Gasteiger partial charge on any atom is 0.258 e. The van der Waals surface area contributed by atoms with Gasteiger partial charge < -0.3 is 15.5 Å². The fourth-order valence-corrected chi connectivity index (χ4v) is 3.54. The molecule has 0 aliphatic carbocycles. The van der Waals surface area contributed by atoms with E-state index < -0.39 is 0 Å².